The van der Waals surface area contributed by atoms with E-state index in [2.05, 4.69) is 20.6 Å². The van der Waals surface area contributed by atoms with E-state index in [1.807, 2.05) is 63.2 Å². The van der Waals surface area contributed by atoms with E-state index in [0.717, 1.165) is 16.9 Å². The number of anilines is 4. The molecule has 0 unspecified atom stereocenters. The SMILES string of the molecule is Cc1cc(C(=O)Nc2cc(Cl)ccc2C)nc(Nc2ccc(N(C)C)cc2)n1. The second-order valence-electron chi connectivity index (χ2n) is 6.70. The fourth-order valence-electron chi connectivity index (χ4n) is 2.63. The quantitative estimate of drug-likeness (QED) is 0.648. The molecule has 144 valence electrons. The lowest BCUT2D eigenvalue weighted by atomic mass is 10.2. The summed E-state index contributed by atoms with van der Waals surface area (Å²) in [6.45, 7) is 3.73. The van der Waals surface area contributed by atoms with Crippen LogP contribution in [0.3, 0.4) is 0 Å². The lowest BCUT2D eigenvalue weighted by Gasteiger charge is -2.13. The highest BCUT2D eigenvalue weighted by atomic mass is 35.5. The number of benzene rings is 2. The zero-order valence-electron chi connectivity index (χ0n) is 16.2. The number of amides is 1. The van der Waals surface area contributed by atoms with Crippen LogP contribution in [0, 0.1) is 13.8 Å². The summed E-state index contributed by atoms with van der Waals surface area (Å²) >= 11 is 6.03. The summed E-state index contributed by atoms with van der Waals surface area (Å²) in [5.41, 5.74) is 4.47. The molecule has 0 spiro atoms. The third kappa shape index (κ3) is 4.78. The second kappa shape index (κ2) is 8.27. The smallest absolute Gasteiger partial charge is 0.274 e. The van der Waals surface area contributed by atoms with Crippen molar-refractivity contribution in [3.8, 4) is 0 Å². The van der Waals surface area contributed by atoms with Crippen LogP contribution >= 0.6 is 11.6 Å². The maximum absolute atomic E-state index is 12.7. The van der Waals surface area contributed by atoms with Crippen molar-refractivity contribution < 1.29 is 4.79 Å². The van der Waals surface area contributed by atoms with Crippen LogP contribution in [-0.4, -0.2) is 30.0 Å². The number of nitrogens with one attached hydrogen (secondary N) is 2. The Balaban J connectivity index is 1.80. The highest BCUT2D eigenvalue weighted by Gasteiger charge is 2.13. The number of aryl methyl sites for hydroxylation is 2. The van der Waals surface area contributed by atoms with Gasteiger partial charge in [0.05, 0.1) is 0 Å². The van der Waals surface area contributed by atoms with Gasteiger partial charge in [-0.3, -0.25) is 4.79 Å². The Morgan fingerprint density at radius 3 is 2.39 bits per heavy atom. The normalized spacial score (nSPS) is 10.5. The molecule has 1 amide bonds. The summed E-state index contributed by atoms with van der Waals surface area (Å²) in [6, 6.07) is 14.9. The van der Waals surface area contributed by atoms with E-state index >= 15 is 0 Å². The standard InChI is InChI=1S/C21H22ClN5O/c1-13-5-6-15(22)12-18(13)25-20(28)19-11-14(2)23-21(26-19)24-16-7-9-17(10-8-16)27(3)4/h5-12H,1-4H3,(H,25,28)(H,23,24,26). The van der Waals surface area contributed by atoms with Gasteiger partial charge in [0.1, 0.15) is 5.69 Å². The van der Waals surface area contributed by atoms with E-state index in [1.54, 1.807) is 18.2 Å². The summed E-state index contributed by atoms with van der Waals surface area (Å²) in [7, 11) is 3.97. The lowest BCUT2D eigenvalue weighted by molar-refractivity contribution is 0.102. The lowest BCUT2D eigenvalue weighted by Crippen LogP contribution is -2.16. The molecule has 0 aliphatic heterocycles. The van der Waals surface area contributed by atoms with E-state index < -0.39 is 0 Å². The Hall–Kier alpha value is -3.12. The molecule has 0 saturated carbocycles. The Morgan fingerprint density at radius 1 is 1.00 bits per heavy atom. The first-order valence-corrected chi connectivity index (χ1v) is 9.17. The summed E-state index contributed by atoms with van der Waals surface area (Å²) in [6.07, 6.45) is 0. The van der Waals surface area contributed by atoms with Crippen molar-refractivity contribution in [3.05, 3.63) is 70.5 Å². The van der Waals surface area contributed by atoms with Crippen LogP contribution < -0.4 is 15.5 Å². The van der Waals surface area contributed by atoms with Gasteiger partial charge in [0, 0.05) is 41.9 Å². The third-order valence-electron chi connectivity index (χ3n) is 4.17. The largest absolute Gasteiger partial charge is 0.378 e. The maximum Gasteiger partial charge on any atom is 0.274 e. The molecule has 0 atom stereocenters. The summed E-state index contributed by atoms with van der Waals surface area (Å²) in [5, 5.41) is 6.57. The summed E-state index contributed by atoms with van der Waals surface area (Å²) in [4.78, 5) is 23.4. The minimum atomic E-state index is -0.318. The van der Waals surface area contributed by atoms with Gasteiger partial charge in [-0.25, -0.2) is 9.97 Å². The number of hydrogen-bond donors (Lipinski definition) is 2. The number of rotatable bonds is 5. The van der Waals surface area contributed by atoms with E-state index in [4.69, 9.17) is 11.6 Å². The Bertz CT molecular complexity index is 1000. The van der Waals surface area contributed by atoms with Crippen LogP contribution in [0.25, 0.3) is 0 Å². The maximum atomic E-state index is 12.7. The molecule has 0 bridgehead atoms. The van der Waals surface area contributed by atoms with Crippen molar-refractivity contribution in [3.63, 3.8) is 0 Å². The predicted octanol–water partition coefficient (Wildman–Crippen LogP) is 4.81. The minimum absolute atomic E-state index is 0.277. The molecule has 0 aliphatic rings. The van der Waals surface area contributed by atoms with Crippen LogP contribution in [0.4, 0.5) is 23.0 Å². The minimum Gasteiger partial charge on any atom is -0.378 e. The highest BCUT2D eigenvalue weighted by molar-refractivity contribution is 6.31. The molecule has 2 N–H and O–H groups in total. The van der Waals surface area contributed by atoms with Crippen LogP contribution in [0.5, 0.6) is 0 Å². The molecule has 0 fully saturated rings. The fraction of sp³-hybridized carbons (Fsp3) is 0.190. The van der Waals surface area contributed by atoms with E-state index in [1.165, 1.54) is 0 Å². The molecule has 0 saturated heterocycles. The van der Waals surface area contributed by atoms with Crippen molar-refractivity contribution in [2.45, 2.75) is 13.8 Å². The van der Waals surface area contributed by atoms with Gasteiger partial charge in [0.2, 0.25) is 5.95 Å². The molecule has 2 aromatic carbocycles. The van der Waals surface area contributed by atoms with Crippen LogP contribution in [-0.2, 0) is 0 Å². The first-order chi connectivity index (χ1) is 13.3. The van der Waals surface area contributed by atoms with Gasteiger partial charge in [-0.1, -0.05) is 17.7 Å². The van der Waals surface area contributed by atoms with Crippen molar-refractivity contribution in [2.75, 3.05) is 29.6 Å². The number of carbonyl (C=O) groups is 1. The van der Waals surface area contributed by atoms with Crippen molar-refractivity contribution in [1.29, 1.82) is 0 Å². The van der Waals surface area contributed by atoms with Gasteiger partial charge in [0.15, 0.2) is 0 Å². The fourth-order valence-corrected chi connectivity index (χ4v) is 2.80. The highest BCUT2D eigenvalue weighted by Crippen LogP contribution is 2.22. The molecule has 1 aromatic heterocycles. The summed E-state index contributed by atoms with van der Waals surface area (Å²) in [5.74, 6) is 0.0486. The van der Waals surface area contributed by atoms with Gasteiger partial charge >= 0.3 is 0 Å². The predicted molar refractivity (Wildman–Crippen MR) is 115 cm³/mol. The van der Waals surface area contributed by atoms with Crippen LogP contribution in [0.15, 0.2) is 48.5 Å². The van der Waals surface area contributed by atoms with Gasteiger partial charge in [0.25, 0.3) is 5.91 Å². The van der Waals surface area contributed by atoms with E-state index in [0.29, 0.717) is 22.4 Å². The molecule has 3 rings (SSSR count). The number of halogens is 1. The van der Waals surface area contributed by atoms with Gasteiger partial charge in [-0.2, -0.15) is 0 Å². The van der Waals surface area contributed by atoms with Gasteiger partial charge in [-0.15, -0.1) is 0 Å². The molecule has 3 aromatic rings. The molecule has 28 heavy (non-hydrogen) atoms. The zero-order valence-corrected chi connectivity index (χ0v) is 17.0. The molecule has 0 radical (unpaired) electrons. The van der Waals surface area contributed by atoms with Gasteiger partial charge < -0.3 is 15.5 Å². The topological polar surface area (TPSA) is 70.2 Å². The number of nitrogens with zero attached hydrogens (tertiary/aromatic N) is 3. The summed E-state index contributed by atoms with van der Waals surface area (Å²) < 4.78 is 0. The molecule has 7 heteroatoms. The Kier molecular flexibility index (Phi) is 5.80. The monoisotopic (exact) mass is 395 g/mol. The molecular formula is C21H22ClN5O. The Morgan fingerprint density at radius 2 is 1.71 bits per heavy atom. The molecule has 6 nitrogen and oxygen atoms in total. The molecular weight excluding hydrogens is 374 g/mol. The number of carbonyl (C=O) groups excluding carboxylic acids is 1. The van der Waals surface area contributed by atoms with Crippen LogP contribution in [0.2, 0.25) is 5.02 Å². The van der Waals surface area contributed by atoms with Gasteiger partial charge in [-0.05, 0) is 61.9 Å². The molecule has 0 aliphatic carbocycles. The first-order valence-electron chi connectivity index (χ1n) is 8.79. The molecule has 1 heterocycles. The second-order valence-corrected chi connectivity index (χ2v) is 7.13. The number of aromatic nitrogens is 2. The average Bonchev–Trinajstić information content (AvgIpc) is 2.64. The Labute approximate surface area is 169 Å². The van der Waals surface area contributed by atoms with E-state index in [-0.39, 0.29) is 11.6 Å². The van der Waals surface area contributed by atoms with Crippen molar-refractivity contribution in [1.82, 2.24) is 9.97 Å². The van der Waals surface area contributed by atoms with Crippen LogP contribution in [0.1, 0.15) is 21.7 Å². The third-order valence-corrected chi connectivity index (χ3v) is 4.41. The first kappa shape index (κ1) is 19.6. The van der Waals surface area contributed by atoms with Crippen molar-refractivity contribution >= 4 is 40.5 Å². The average molecular weight is 396 g/mol. The zero-order chi connectivity index (χ0) is 20.3. The van der Waals surface area contributed by atoms with E-state index in [9.17, 15) is 4.79 Å². The number of hydrogen-bond acceptors (Lipinski definition) is 5. The van der Waals surface area contributed by atoms with Crippen molar-refractivity contribution in [2.24, 2.45) is 0 Å².